The fraction of sp³-hybridized carbons (Fsp3) is 0.600. The normalized spacial score (nSPS) is 18.6. The van der Waals surface area contributed by atoms with Gasteiger partial charge in [-0.05, 0) is 39.6 Å². The van der Waals surface area contributed by atoms with Crippen LogP contribution in [0.3, 0.4) is 0 Å². The molecule has 1 aliphatic rings. The molecule has 0 spiro atoms. The highest BCUT2D eigenvalue weighted by atomic mass is 16.2. The molecule has 0 saturated carbocycles. The number of likely N-dealkylation sites (tertiary alicyclic amines) is 1. The van der Waals surface area contributed by atoms with Crippen LogP contribution in [0.2, 0.25) is 0 Å². The molecule has 2 amide bonds. The molecule has 5 heteroatoms. The van der Waals surface area contributed by atoms with Gasteiger partial charge in [0.05, 0.1) is 0 Å². The Hall–Kier alpha value is -1.62. The largest absolute Gasteiger partial charge is 0.338 e. The molecule has 0 bridgehead atoms. The second kappa shape index (κ2) is 6.70. The number of pyridine rings is 1. The van der Waals surface area contributed by atoms with E-state index in [1.807, 2.05) is 30.0 Å². The summed E-state index contributed by atoms with van der Waals surface area (Å²) in [5.41, 5.74) is 2.04. The average molecular weight is 276 g/mol. The summed E-state index contributed by atoms with van der Waals surface area (Å²) in [6.07, 6.45) is 1.83. The van der Waals surface area contributed by atoms with Crippen molar-refractivity contribution in [3.05, 3.63) is 29.6 Å². The summed E-state index contributed by atoms with van der Waals surface area (Å²) in [6.45, 7) is 4.28. The maximum absolute atomic E-state index is 12.0. The third-order valence-electron chi connectivity index (χ3n) is 3.78. The summed E-state index contributed by atoms with van der Waals surface area (Å²) in [4.78, 5) is 20.6. The van der Waals surface area contributed by atoms with Crippen molar-refractivity contribution in [2.75, 3.05) is 33.7 Å². The predicted molar refractivity (Wildman–Crippen MR) is 79.7 cm³/mol. The van der Waals surface area contributed by atoms with Crippen LogP contribution in [-0.4, -0.2) is 60.6 Å². The second-order valence-electron chi connectivity index (χ2n) is 5.60. The minimum absolute atomic E-state index is 0.0435. The van der Waals surface area contributed by atoms with E-state index in [1.165, 1.54) is 0 Å². The van der Waals surface area contributed by atoms with E-state index in [0.29, 0.717) is 12.6 Å². The molecule has 1 aromatic heterocycles. The highest BCUT2D eigenvalue weighted by Gasteiger charge is 2.26. The highest BCUT2D eigenvalue weighted by molar-refractivity contribution is 5.74. The summed E-state index contributed by atoms with van der Waals surface area (Å²) in [5.74, 6) is 0. The molecule has 1 unspecified atom stereocenters. The number of aryl methyl sites for hydroxylation is 1. The number of hydrogen-bond donors (Lipinski definition) is 1. The molecule has 0 radical (unpaired) electrons. The number of rotatable bonds is 4. The summed E-state index contributed by atoms with van der Waals surface area (Å²) in [6, 6.07) is 6.51. The quantitative estimate of drug-likeness (QED) is 0.901. The molecule has 1 atom stereocenters. The van der Waals surface area contributed by atoms with Gasteiger partial charge in [-0.15, -0.1) is 0 Å². The van der Waals surface area contributed by atoms with Gasteiger partial charge in [-0.3, -0.25) is 4.98 Å². The fourth-order valence-electron chi connectivity index (χ4n) is 2.50. The van der Waals surface area contributed by atoms with Crippen molar-refractivity contribution in [1.29, 1.82) is 0 Å². The average Bonchev–Trinajstić information content (AvgIpc) is 2.88. The van der Waals surface area contributed by atoms with Crippen molar-refractivity contribution < 1.29 is 4.79 Å². The molecular weight excluding hydrogens is 252 g/mol. The molecule has 20 heavy (non-hydrogen) atoms. The summed E-state index contributed by atoms with van der Waals surface area (Å²) in [5, 5.41) is 2.98. The zero-order valence-electron chi connectivity index (χ0n) is 12.6. The molecule has 1 saturated heterocycles. The number of aromatic nitrogens is 1. The molecule has 0 aromatic carbocycles. The van der Waals surface area contributed by atoms with Crippen LogP contribution in [0.25, 0.3) is 0 Å². The van der Waals surface area contributed by atoms with E-state index in [4.69, 9.17) is 0 Å². The van der Waals surface area contributed by atoms with Gasteiger partial charge in [0.15, 0.2) is 0 Å². The Kier molecular flexibility index (Phi) is 4.95. The minimum atomic E-state index is 0.0435. The van der Waals surface area contributed by atoms with E-state index < -0.39 is 0 Å². The lowest BCUT2D eigenvalue weighted by Gasteiger charge is -2.20. The van der Waals surface area contributed by atoms with E-state index in [9.17, 15) is 4.79 Å². The standard InChI is InChI=1S/C15H24N4O/c1-12-5-4-6-13(17-12)7-9-16-15(20)19-10-8-14(11-19)18(2)3/h4-6,14H,7-11H2,1-3H3,(H,16,20). The number of hydrogen-bond acceptors (Lipinski definition) is 3. The summed E-state index contributed by atoms with van der Waals surface area (Å²) in [7, 11) is 4.13. The van der Waals surface area contributed by atoms with Crippen LogP contribution >= 0.6 is 0 Å². The molecule has 0 aliphatic carbocycles. The number of carbonyl (C=O) groups excluding carboxylic acids is 1. The van der Waals surface area contributed by atoms with Gasteiger partial charge in [-0.25, -0.2) is 4.79 Å². The third-order valence-corrected chi connectivity index (χ3v) is 3.78. The Bertz CT molecular complexity index is 461. The lowest BCUT2D eigenvalue weighted by Crippen LogP contribution is -2.41. The third kappa shape index (κ3) is 3.93. The monoisotopic (exact) mass is 276 g/mol. The van der Waals surface area contributed by atoms with Crippen LogP contribution in [-0.2, 0) is 6.42 Å². The molecule has 5 nitrogen and oxygen atoms in total. The zero-order chi connectivity index (χ0) is 14.5. The first-order valence-corrected chi connectivity index (χ1v) is 7.18. The Balaban J connectivity index is 1.73. The topological polar surface area (TPSA) is 48.5 Å². The molecular formula is C15H24N4O. The number of amides is 2. The van der Waals surface area contributed by atoms with Crippen LogP contribution in [0.15, 0.2) is 18.2 Å². The van der Waals surface area contributed by atoms with Gasteiger partial charge in [0.25, 0.3) is 0 Å². The molecule has 1 N–H and O–H groups in total. The Morgan fingerprint density at radius 1 is 1.50 bits per heavy atom. The van der Waals surface area contributed by atoms with Gasteiger partial charge >= 0.3 is 6.03 Å². The first-order valence-electron chi connectivity index (χ1n) is 7.18. The first-order chi connectivity index (χ1) is 9.56. The van der Waals surface area contributed by atoms with Gasteiger partial charge < -0.3 is 15.1 Å². The van der Waals surface area contributed by atoms with Crippen molar-refractivity contribution in [3.8, 4) is 0 Å². The molecule has 2 rings (SSSR count). The van der Waals surface area contributed by atoms with Gasteiger partial charge in [0.2, 0.25) is 0 Å². The van der Waals surface area contributed by atoms with Crippen molar-refractivity contribution in [2.24, 2.45) is 0 Å². The lowest BCUT2D eigenvalue weighted by atomic mass is 10.2. The molecule has 110 valence electrons. The molecule has 1 aliphatic heterocycles. The lowest BCUT2D eigenvalue weighted by molar-refractivity contribution is 0.203. The maximum atomic E-state index is 12.0. The van der Waals surface area contributed by atoms with Crippen LogP contribution in [0.5, 0.6) is 0 Å². The number of likely N-dealkylation sites (N-methyl/N-ethyl adjacent to an activating group) is 1. The highest BCUT2D eigenvalue weighted by Crippen LogP contribution is 2.12. The van der Waals surface area contributed by atoms with E-state index >= 15 is 0 Å². The molecule has 1 aromatic rings. The number of urea groups is 1. The Morgan fingerprint density at radius 3 is 2.95 bits per heavy atom. The predicted octanol–water partition coefficient (Wildman–Crippen LogP) is 1.28. The number of nitrogens with one attached hydrogen (secondary N) is 1. The van der Waals surface area contributed by atoms with Crippen LogP contribution in [0, 0.1) is 6.92 Å². The van der Waals surface area contributed by atoms with Gasteiger partial charge in [0, 0.05) is 43.5 Å². The zero-order valence-corrected chi connectivity index (χ0v) is 12.6. The Morgan fingerprint density at radius 2 is 2.30 bits per heavy atom. The van der Waals surface area contributed by atoms with Gasteiger partial charge in [-0.2, -0.15) is 0 Å². The van der Waals surface area contributed by atoms with Crippen molar-refractivity contribution in [2.45, 2.75) is 25.8 Å². The van der Waals surface area contributed by atoms with Crippen molar-refractivity contribution in [1.82, 2.24) is 20.1 Å². The van der Waals surface area contributed by atoms with E-state index in [-0.39, 0.29) is 6.03 Å². The maximum Gasteiger partial charge on any atom is 0.317 e. The smallest absolute Gasteiger partial charge is 0.317 e. The van der Waals surface area contributed by atoms with E-state index in [2.05, 4.69) is 29.3 Å². The summed E-state index contributed by atoms with van der Waals surface area (Å²) >= 11 is 0. The van der Waals surface area contributed by atoms with Crippen molar-refractivity contribution >= 4 is 6.03 Å². The first kappa shape index (κ1) is 14.8. The summed E-state index contributed by atoms with van der Waals surface area (Å²) < 4.78 is 0. The van der Waals surface area contributed by atoms with E-state index in [1.54, 1.807) is 0 Å². The minimum Gasteiger partial charge on any atom is -0.338 e. The Labute approximate surface area is 121 Å². The van der Waals surface area contributed by atoms with Gasteiger partial charge in [0.1, 0.15) is 0 Å². The molecule has 1 fully saturated rings. The van der Waals surface area contributed by atoms with E-state index in [0.717, 1.165) is 37.3 Å². The van der Waals surface area contributed by atoms with Crippen molar-refractivity contribution in [3.63, 3.8) is 0 Å². The number of carbonyl (C=O) groups is 1. The van der Waals surface area contributed by atoms with Crippen LogP contribution < -0.4 is 5.32 Å². The SMILES string of the molecule is Cc1cccc(CCNC(=O)N2CCC(N(C)C)C2)n1. The fourth-order valence-corrected chi connectivity index (χ4v) is 2.50. The second-order valence-corrected chi connectivity index (χ2v) is 5.60. The van der Waals surface area contributed by atoms with Crippen LogP contribution in [0.4, 0.5) is 4.79 Å². The van der Waals surface area contributed by atoms with Crippen LogP contribution in [0.1, 0.15) is 17.8 Å². The van der Waals surface area contributed by atoms with Gasteiger partial charge in [-0.1, -0.05) is 6.07 Å². The number of nitrogens with zero attached hydrogens (tertiary/aromatic N) is 3. The molecule has 2 heterocycles.